The average molecular weight is 404 g/mol. The summed E-state index contributed by atoms with van der Waals surface area (Å²) in [5, 5.41) is 6.53. The molecule has 2 saturated heterocycles. The molecule has 5 rings (SSSR count). The number of nitrogens with zero attached hydrogens (tertiary/aromatic N) is 2. The van der Waals surface area contributed by atoms with Gasteiger partial charge in [-0.1, -0.05) is 28.9 Å². The van der Waals surface area contributed by atoms with Crippen molar-refractivity contribution in [2.45, 2.75) is 18.6 Å². The molecule has 2 bridgehead atoms. The molecule has 4 atom stereocenters. The van der Waals surface area contributed by atoms with Crippen LogP contribution in [0.2, 0.25) is 5.02 Å². The minimum absolute atomic E-state index is 0.0946. The van der Waals surface area contributed by atoms with Crippen LogP contribution in [0.3, 0.4) is 0 Å². The van der Waals surface area contributed by atoms with Gasteiger partial charge in [-0.2, -0.15) is 0 Å². The Kier molecular flexibility index (Phi) is 3.66. The zero-order chi connectivity index (χ0) is 19.6. The van der Waals surface area contributed by atoms with E-state index in [1.54, 1.807) is 13.0 Å². The van der Waals surface area contributed by atoms with E-state index in [0.717, 1.165) is 0 Å². The SMILES string of the molecule is Cc1cc(N2C[C@]34C=C[C@@H](O3)[C@@H](C(=O)Nc3ccc(F)c(Cl)c3)[C@H]4C2=O)no1. The van der Waals surface area contributed by atoms with E-state index in [1.807, 2.05) is 12.2 Å². The van der Waals surface area contributed by atoms with E-state index in [0.29, 0.717) is 17.3 Å². The molecule has 3 aliphatic rings. The van der Waals surface area contributed by atoms with E-state index in [1.165, 1.54) is 23.1 Å². The summed E-state index contributed by atoms with van der Waals surface area (Å²) in [5.74, 6) is -1.59. The summed E-state index contributed by atoms with van der Waals surface area (Å²) in [7, 11) is 0. The van der Waals surface area contributed by atoms with Gasteiger partial charge in [-0.15, -0.1) is 0 Å². The summed E-state index contributed by atoms with van der Waals surface area (Å²) in [4.78, 5) is 27.6. The minimum Gasteiger partial charge on any atom is -0.360 e. The van der Waals surface area contributed by atoms with Crippen LogP contribution in [0.5, 0.6) is 0 Å². The molecule has 1 spiro atoms. The molecule has 9 heteroatoms. The van der Waals surface area contributed by atoms with Crippen molar-refractivity contribution < 1.29 is 23.2 Å². The monoisotopic (exact) mass is 403 g/mol. The van der Waals surface area contributed by atoms with Gasteiger partial charge < -0.3 is 14.6 Å². The fraction of sp³-hybridized carbons (Fsp3) is 0.316. The highest BCUT2D eigenvalue weighted by atomic mass is 35.5. The van der Waals surface area contributed by atoms with Gasteiger partial charge in [0.15, 0.2) is 5.82 Å². The Bertz CT molecular complexity index is 1040. The number of carbonyl (C=O) groups excluding carboxylic acids is 2. The van der Waals surface area contributed by atoms with Crippen molar-refractivity contribution in [3.05, 3.63) is 53.0 Å². The Morgan fingerprint density at radius 3 is 2.96 bits per heavy atom. The minimum atomic E-state index is -0.864. The second kappa shape index (κ2) is 5.89. The molecule has 3 aliphatic heterocycles. The zero-order valence-electron chi connectivity index (χ0n) is 14.7. The van der Waals surface area contributed by atoms with Gasteiger partial charge >= 0.3 is 0 Å². The standard InChI is InChI=1S/C19H15ClFN3O4/c1-9-6-14(23-28-9)24-8-19-5-4-13(27-19)15(16(19)18(24)26)17(25)22-10-2-3-12(21)11(20)7-10/h2-7,13,15-16H,8H2,1H3,(H,22,25)/t13-,15-,16+,19+/m1/s1. The number of fused-ring (bicyclic) bond motifs is 1. The number of hydrogen-bond acceptors (Lipinski definition) is 5. The fourth-order valence-electron chi connectivity index (χ4n) is 4.27. The number of benzene rings is 1. The summed E-state index contributed by atoms with van der Waals surface area (Å²) in [6.07, 6.45) is 3.17. The van der Waals surface area contributed by atoms with Crippen LogP contribution >= 0.6 is 11.6 Å². The number of aryl methyl sites for hydroxylation is 1. The topological polar surface area (TPSA) is 84.7 Å². The molecule has 1 aromatic heterocycles. The van der Waals surface area contributed by atoms with Crippen LogP contribution in [0.1, 0.15) is 5.76 Å². The molecule has 1 aromatic carbocycles. The first-order valence-corrected chi connectivity index (χ1v) is 9.13. The quantitative estimate of drug-likeness (QED) is 0.796. The number of amides is 2. The smallest absolute Gasteiger partial charge is 0.235 e. The summed E-state index contributed by atoms with van der Waals surface area (Å²) >= 11 is 5.78. The van der Waals surface area contributed by atoms with Crippen molar-refractivity contribution in [1.82, 2.24) is 5.16 Å². The first-order valence-electron chi connectivity index (χ1n) is 8.76. The molecule has 1 N–H and O–H groups in total. The second-order valence-electron chi connectivity index (χ2n) is 7.24. The molecule has 7 nitrogen and oxygen atoms in total. The molecule has 0 saturated carbocycles. The average Bonchev–Trinajstić information content (AvgIpc) is 3.39. The third-order valence-corrected chi connectivity index (χ3v) is 5.77. The lowest BCUT2D eigenvalue weighted by molar-refractivity contribution is -0.128. The van der Waals surface area contributed by atoms with Crippen LogP contribution < -0.4 is 10.2 Å². The number of ether oxygens (including phenoxy) is 1. The normalized spacial score (nSPS) is 30.2. The number of aromatic nitrogens is 1. The molecular formula is C19H15ClFN3O4. The van der Waals surface area contributed by atoms with Gasteiger partial charge in [0.05, 0.1) is 29.5 Å². The fourth-order valence-corrected chi connectivity index (χ4v) is 4.45. The van der Waals surface area contributed by atoms with Gasteiger partial charge in [0.25, 0.3) is 0 Å². The van der Waals surface area contributed by atoms with E-state index in [9.17, 15) is 14.0 Å². The first-order chi connectivity index (χ1) is 13.4. The summed E-state index contributed by atoms with van der Waals surface area (Å²) in [6.45, 7) is 2.00. The van der Waals surface area contributed by atoms with Crippen molar-refractivity contribution in [2.24, 2.45) is 11.8 Å². The van der Waals surface area contributed by atoms with Crippen LogP contribution in [0.25, 0.3) is 0 Å². The molecule has 4 heterocycles. The third-order valence-electron chi connectivity index (χ3n) is 5.48. The van der Waals surface area contributed by atoms with E-state index in [4.69, 9.17) is 20.9 Å². The lowest BCUT2D eigenvalue weighted by Crippen LogP contribution is -2.41. The predicted molar refractivity (Wildman–Crippen MR) is 97.4 cm³/mol. The summed E-state index contributed by atoms with van der Waals surface area (Å²) < 4.78 is 24.5. The maximum atomic E-state index is 13.4. The van der Waals surface area contributed by atoms with Crippen LogP contribution in [0, 0.1) is 24.6 Å². The lowest BCUT2D eigenvalue weighted by Gasteiger charge is -2.23. The predicted octanol–water partition coefficient (Wildman–Crippen LogP) is 2.70. The molecule has 0 aliphatic carbocycles. The highest BCUT2D eigenvalue weighted by Crippen LogP contribution is 2.52. The Morgan fingerprint density at radius 2 is 2.25 bits per heavy atom. The maximum absolute atomic E-state index is 13.4. The number of anilines is 2. The number of halogens is 2. The molecule has 28 heavy (non-hydrogen) atoms. The molecule has 144 valence electrons. The Morgan fingerprint density at radius 1 is 1.43 bits per heavy atom. The summed E-state index contributed by atoms with van der Waals surface area (Å²) in [6, 6.07) is 5.59. The van der Waals surface area contributed by atoms with Gasteiger partial charge in [0.1, 0.15) is 17.2 Å². The highest BCUT2D eigenvalue weighted by Gasteiger charge is 2.67. The van der Waals surface area contributed by atoms with Crippen molar-refractivity contribution in [3.63, 3.8) is 0 Å². The zero-order valence-corrected chi connectivity index (χ0v) is 15.4. The van der Waals surface area contributed by atoms with Gasteiger partial charge in [-0.05, 0) is 25.1 Å². The van der Waals surface area contributed by atoms with Crippen LogP contribution in [0.15, 0.2) is 40.9 Å². The molecule has 0 unspecified atom stereocenters. The largest absolute Gasteiger partial charge is 0.360 e. The van der Waals surface area contributed by atoms with E-state index in [2.05, 4.69) is 10.5 Å². The first kappa shape index (κ1) is 17.4. The third kappa shape index (κ3) is 2.41. The molecule has 2 amide bonds. The van der Waals surface area contributed by atoms with Gasteiger partial charge in [-0.25, -0.2) is 4.39 Å². The Hall–Kier alpha value is -2.71. The maximum Gasteiger partial charge on any atom is 0.235 e. The molecule has 0 radical (unpaired) electrons. The Balaban J connectivity index is 1.43. The van der Waals surface area contributed by atoms with Crippen LogP contribution in [-0.4, -0.2) is 35.2 Å². The molecular weight excluding hydrogens is 389 g/mol. The summed E-state index contributed by atoms with van der Waals surface area (Å²) in [5.41, 5.74) is -0.511. The number of carbonyl (C=O) groups is 2. The molecule has 2 fully saturated rings. The lowest BCUT2D eigenvalue weighted by atomic mass is 9.77. The van der Waals surface area contributed by atoms with Crippen molar-refractivity contribution >= 4 is 34.9 Å². The van der Waals surface area contributed by atoms with Crippen LogP contribution in [-0.2, 0) is 14.3 Å². The van der Waals surface area contributed by atoms with Crippen molar-refractivity contribution in [1.29, 1.82) is 0 Å². The van der Waals surface area contributed by atoms with Crippen molar-refractivity contribution in [3.8, 4) is 0 Å². The number of nitrogens with one attached hydrogen (secondary N) is 1. The van der Waals surface area contributed by atoms with Gasteiger partial charge in [0.2, 0.25) is 11.8 Å². The second-order valence-corrected chi connectivity index (χ2v) is 7.65. The van der Waals surface area contributed by atoms with Crippen molar-refractivity contribution in [2.75, 3.05) is 16.8 Å². The Labute approximate surface area is 164 Å². The van der Waals surface area contributed by atoms with Crippen LogP contribution in [0.4, 0.5) is 15.9 Å². The molecule has 2 aromatic rings. The van der Waals surface area contributed by atoms with E-state index < -0.39 is 29.4 Å². The van der Waals surface area contributed by atoms with E-state index in [-0.39, 0.29) is 23.4 Å². The van der Waals surface area contributed by atoms with Gasteiger partial charge in [0, 0.05) is 11.8 Å². The van der Waals surface area contributed by atoms with E-state index >= 15 is 0 Å². The van der Waals surface area contributed by atoms with Gasteiger partial charge in [-0.3, -0.25) is 14.5 Å². The highest BCUT2D eigenvalue weighted by molar-refractivity contribution is 6.31. The number of hydrogen-bond donors (Lipinski definition) is 1. The number of rotatable bonds is 3.